The maximum absolute atomic E-state index is 12.6. The molecule has 2 aromatic rings. The number of hydrogen-bond acceptors (Lipinski definition) is 4. The topological polar surface area (TPSA) is 71.2 Å². The lowest BCUT2D eigenvalue weighted by atomic mass is 9.95. The van der Waals surface area contributed by atoms with Gasteiger partial charge in [-0.15, -0.1) is 10.2 Å². The minimum absolute atomic E-state index is 0.120. The van der Waals surface area contributed by atoms with Crippen LogP contribution in [0.4, 0.5) is 13.2 Å². The third-order valence-electron chi connectivity index (χ3n) is 4.45. The van der Waals surface area contributed by atoms with Crippen LogP contribution in [0.3, 0.4) is 0 Å². The van der Waals surface area contributed by atoms with Crippen LogP contribution in [0.5, 0.6) is 5.75 Å². The highest BCUT2D eigenvalue weighted by molar-refractivity contribution is 5.97. The molecule has 0 radical (unpaired) electrons. The number of benzene rings is 1. The van der Waals surface area contributed by atoms with E-state index in [0.29, 0.717) is 32.0 Å². The number of phenolic OH excluding ortho intramolecular Hbond substituents is 1. The van der Waals surface area contributed by atoms with E-state index in [1.165, 1.54) is 4.90 Å². The molecule has 25 heavy (non-hydrogen) atoms. The first kappa shape index (κ1) is 17.2. The quantitative estimate of drug-likeness (QED) is 0.900. The van der Waals surface area contributed by atoms with Crippen molar-refractivity contribution in [2.45, 2.75) is 24.9 Å². The zero-order chi connectivity index (χ0) is 18.2. The fourth-order valence-electron chi connectivity index (χ4n) is 3.06. The maximum atomic E-state index is 12.6. The van der Waals surface area contributed by atoms with Crippen molar-refractivity contribution in [3.8, 4) is 5.75 Å². The monoisotopic (exact) mass is 354 g/mol. The number of likely N-dealkylation sites (tertiary alicyclic amines) is 1. The molecular formula is C16H17F3N4O2. The molecule has 2 heterocycles. The summed E-state index contributed by atoms with van der Waals surface area (Å²) in [5.41, 5.74) is -1.10. The SMILES string of the molecule is Cn1cnnc1C1CCN(C(=O)c2ccc(C(F)(F)F)cc2O)CC1. The molecule has 1 aromatic carbocycles. The van der Waals surface area contributed by atoms with Crippen LogP contribution in [0.2, 0.25) is 0 Å². The van der Waals surface area contributed by atoms with E-state index in [1.54, 1.807) is 6.33 Å². The fraction of sp³-hybridized carbons (Fsp3) is 0.438. The standard InChI is InChI=1S/C16H17F3N4O2/c1-22-9-20-21-14(22)10-4-6-23(7-5-10)15(25)12-3-2-11(8-13(12)24)16(17,18)19/h2-3,8-10,24H,4-7H2,1H3. The molecule has 1 amide bonds. The zero-order valence-corrected chi connectivity index (χ0v) is 13.5. The van der Waals surface area contributed by atoms with Crippen molar-refractivity contribution in [2.75, 3.05) is 13.1 Å². The van der Waals surface area contributed by atoms with Crippen molar-refractivity contribution >= 4 is 5.91 Å². The summed E-state index contributed by atoms with van der Waals surface area (Å²) in [7, 11) is 1.85. The van der Waals surface area contributed by atoms with Gasteiger partial charge in [0.25, 0.3) is 5.91 Å². The first-order valence-corrected chi connectivity index (χ1v) is 7.80. The van der Waals surface area contributed by atoms with Gasteiger partial charge in [0.05, 0.1) is 11.1 Å². The Hall–Kier alpha value is -2.58. The number of amides is 1. The van der Waals surface area contributed by atoms with Crippen LogP contribution in [0.1, 0.15) is 40.5 Å². The third kappa shape index (κ3) is 3.45. The lowest BCUT2D eigenvalue weighted by molar-refractivity contribution is -0.137. The molecule has 6 nitrogen and oxygen atoms in total. The van der Waals surface area contributed by atoms with Crippen LogP contribution < -0.4 is 0 Å². The number of phenols is 1. The predicted molar refractivity (Wildman–Crippen MR) is 82.0 cm³/mol. The molecule has 0 bridgehead atoms. The van der Waals surface area contributed by atoms with Crippen molar-refractivity contribution < 1.29 is 23.1 Å². The summed E-state index contributed by atoms with van der Waals surface area (Å²) < 4.78 is 39.8. The molecule has 0 saturated carbocycles. The molecule has 9 heteroatoms. The van der Waals surface area contributed by atoms with Gasteiger partial charge < -0.3 is 14.6 Å². The number of halogens is 3. The van der Waals surface area contributed by atoms with Crippen LogP contribution >= 0.6 is 0 Å². The second-order valence-electron chi connectivity index (χ2n) is 6.10. The summed E-state index contributed by atoms with van der Waals surface area (Å²) in [5.74, 6) is -0.0971. The highest BCUT2D eigenvalue weighted by Crippen LogP contribution is 2.34. The molecule has 0 aliphatic carbocycles. The number of piperidine rings is 1. The zero-order valence-electron chi connectivity index (χ0n) is 13.5. The molecule has 0 atom stereocenters. The summed E-state index contributed by atoms with van der Waals surface area (Å²) in [6.07, 6.45) is -1.58. The van der Waals surface area contributed by atoms with Gasteiger partial charge in [-0.05, 0) is 31.0 Å². The third-order valence-corrected chi connectivity index (χ3v) is 4.45. The number of aromatic nitrogens is 3. The Balaban J connectivity index is 1.70. The summed E-state index contributed by atoms with van der Waals surface area (Å²) in [6.45, 7) is 0.883. The fourth-order valence-corrected chi connectivity index (χ4v) is 3.06. The maximum Gasteiger partial charge on any atom is 0.416 e. The molecule has 1 N–H and O–H groups in total. The van der Waals surface area contributed by atoms with Crippen molar-refractivity contribution in [3.63, 3.8) is 0 Å². The number of carbonyl (C=O) groups is 1. The minimum Gasteiger partial charge on any atom is -0.507 e. The van der Waals surface area contributed by atoms with E-state index >= 15 is 0 Å². The van der Waals surface area contributed by atoms with E-state index in [-0.39, 0.29) is 11.5 Å². The molecule has 0 unspecified atom stereocenters. The van der Waals surface area contributed by atoms with Gasteiger partial charge in [0.1, 0.15) is 17.9 Å². The van der Waals surface area contributed by atoms with E-state index < -0.39 is 23.4 Å². The van der Waals surface area contributed by atoms with Gasteiger partial charge in [-0.2, -0.15) is 13.2 Å². The largest absolute Gasteiger partial charge is 0.507 e. The second-order valence-corrected chi connectivity index (χ2v) is 6.10. The van der Waals surface area contributed by atoms with Crippen molar-refractivity contribution in [1.29, 1.82) is 0 Å². The van der Waals surface area contributed by atoms with Crippen molar-refractivity contribution in [2.24, 2.45) is 7.05 Å². The normalized spacial score (nSPS) is 16.2. The van der Waals surface area contributed by atoms with Gasteiger partial charge in [-0.3, -0.25) is 4.79 Å². The molecule has 1 fully saturated rings. The summed E-state index contributed by atoms with van der Waals surface area (Å²) in [5, 5.41) is 17.7. The Bertz CT molecular complexity index is 780. The molecule has 134 valence electrons. The molecule has 1 aliphatic rings. The van der Waals surface area contributed by atoms with Gasteiger partial charge in [0.15, 0.2) is 0 Å². The average Bonchev–Trinajstić information content (AvgIpc) is 2.99. The van der Waals surface area contributed by atoms with Crippen molar-refractivity contribution in [3.05, 3.63) is 41.5 Å². The molecule has 1 aromatic heterocycles. The number of alkyl halides is 3. The first-order chi connectivity index (χ1) is 11.8. The summed E-state index contributed by atoms with van der Waals surface area (Å²) in [6, 6.07) is 2.41. The smallest absolute Gasteiger partial charge is 0.416 e. The average molecular weight is 354 g/mol. The van der Waals surface area contributed by atoms with Gasteiger partial charge >= 0.3 is 6.18 Å². The predicted octanol–water partition coefficient (Wildman–Crippen LogP) is 2.56. The summed E-state index contributed by atoms with van der Waals surface area (Å²) >= 11 is 0. The molecule has 0 spiro atoms. The number of rotatable bonds is 2. The highest BCUT2D eigenvalue weighted by Gasteiger charge is 2.33. The number of nitrogens with zero attached hydrogens (tertiary/aromatic N) is 4. The Labute approximate surface area is 141 Å². The highest BCUT2D eigenvalue weighted by atomic mass is 19.4. The Morgan fingerprint density at radius 1 is 1.28 bits per heavy atom. The van der Waals surface area contributed by atoms with Crippen molar-refractivity contribution in [1.82, 2.24) is 19.7 Å². The number of hydrogen-bond donors (Lipinski definition) is 1. The molecular weight excluding hydrogens is 337 g/mol. The first-order valence-electron chi connectivity index (χ1n) is 7.80. The lowest BCUT2D eigenvalue weighted by Crippen LogP contribution is -2.38. The molecule has 1 aliphatic heterocycles. The van der Waals surface area contributed by atoms with Crippen LogP contribution in [0.25, 0.3) is 0 Å². The second kappa shape index (κ2) is 6.38. The van der Waals surface area contributed by atoms with Gasteiger partial charge in [0, 0.05) is 26.1 Å². The van der Waals surface area contributed by atoms with E-state index in [0.717, 1.165) is 18.0 Å². The van der Waals surface area contributed by atoms with Crippen LogP contribution in [0.15, 0.2) is 24.5 Å². The van der Waals surface area contributed by atoms with E-state index in [4.69, 9.17) is 0 Å². The Morgan fingerprint density at radius 3 is 2.48 bits per heavy atom. The van der Waals surface area contributed by atoms with E-state index in [1.807, 2.05) is 11.6 Å². The summed E-state index contributed by atoms with van der Waals surface area (Å²) in [4.78, 5) is 14.0. The van der Waals surface area contributed by atoms with Gasteiger partial charge in [0.2, 0.25) is 0 Å². The van der Waals surface area contributed by atoms with Crippen LogP contribution in [-0.4, -0.2) is 43.8 Å². The minimum atomic E-state index is -4.56. The van der Waals surface area contributed by atoms with E-state index in [9.17, 15) is 23.1 Å². The Morgan fingerprint density at radius 2 is 1.96 bits per heavy atom. The number of carbonyl (C=O) groups excluding carboxylic acids is 1. The van der Waals surface area contributed by atoms with Gasteiger partial charge in [-0.1, -0.05) is 0 Å². The lowest BCUT2D eigenvalue weighted by Gasteiger charge is -2.31. The van der Waals surface area contributed by atoms with Gasteiger partial charge in [-0.25, -0.2) is 0 Å². The van der Waals surface area contributed by atoms with E-state index in [2.05, 4.69) is 10.2 Å². The number of aryl methyl sites for hydroxylation is 1. The molecule has 1 saturated heterocycles. The Kier molecular flexibility index (Phi) is 4.40. The van der Waals surface area contributed by atoms with Crippen LogP contribution in [-0.2, 0) is 13.2 Å². The number of aromatic hydroxyl groups is 1. The van der Waals surface area contributed by atoms with Crippen LogP contribution in [0, 0.1) is 0 Å². The molecule has 3 rings (SSSR count).